The van der Waals surface area contributed by atoms with Gasteiger partial charge in [0.1, 0.15) is 11.8 Å². The van der Waals surface area contributed by atoms with Crippen LogP contribution in [0.3, 0.4) is 0 Å². The van der Waals surface area contributed by atoms with E-state index < -0.39 is 12.0 Å². The molecule has 2 aliphatic heterocycles. The molecule has 1 fully saturated rings. The average Bonchev–Trinajstić information content (AvgIpc) is 3.30. The number of nitrogens with zero attached hydrogens (tertiary/aromatic N) is 3. The zero-order valence-electron chi connectivity index (χ0n) is 23.3. The number of hydrogen-bond donors (Lipinski definition) is 0. The summed E-state index contributed by atoms with van der Waals surface area (Å²) < 4.78 is 18.9. The van der Waals surface area contributed by atoms with Crippen molar-refractivity contribution >= 4 is 39.8 Å². The second-order valence-electron chi connectivity index (χ2n) is 9.90. The Labute approximate surface area is 241 Å². The second-order valence-corrected chi connectivity index (χ2v) is 10.9. The highest BCUT2D eigenvalue weighted by molar-refractivity contribution is 7.07. The summed E-state index contributed by atoms with van der Waals surface area (Å²) >= 11 is 1.31. The number of fused-ring (bicyclic) bond motifs is 2. The van der Waals surface area contributed by atoms with E-state index in [1.807, 2.05) is 54.6 Å². The molecule has 4 aromatic rings. The predicted molar refractivity (Wildman–Crippen MR) is 160 cm³/mol. The van der Waals surface area contributed by atoms with Gasteiger partial charge in [-0.05, 0) is 54.5 Å². The number of aromatic nitrogens is 1. The number of anilines is 1. The lowest BCUT2D eigenvalue weighted by Gasteiger charge is -2.28. The molecule has 1 unspecified atom stereocenters. The zero-order chi connectivity index (χ0) is 28.5. The smallest absolute Gasteiger partial charge is 0.338 e. The van der Waals surface area contributed by atoms with Crippen LogP contribution in [0.2, 0.25) is 0 Å². The molecule has 0 bridgehead atoms. The fraction of sp³-hybridized carbons (Fsp3) is 0.281. The molecule has 1 aromatic heterocycles. The van der Waals surface area contributed by atoms with Crippen LogP contribution in [0.15, 0.2) is 81.7 Å². The molecule has 3 aromatic carbocycles. The highest BCUT2D eigenvalue weighted by Crippen LogP contribution is 2.40. The highest BCUT2D eigenvalue weighted by Gasteiger charge is 2.36. The molecular weight excluding hydrogens is 538 g/mol. The SMILES string of the molecule is CCOC(=O)C1=C(C)N=c2sc(=Cc3ccc(N4CCOCC4)cc3)c(=O)n2C1c1c(OC)ccc2ccccc12. The summed E-state index contributed by atoms with van der Waals surface area (Å²) in [6, 6.07) is 19.1. The van der Waals surface area contributed by atoms with Crippen molar-refractivity contribution in [3.63, 3.8) is 0 Å². The van der Waals surface area contributed by atoms with E-state index in [4.69, 9.17) is 19.2 Å². The first-order valence-electron chi connectivity index (χ1n) is 13.7. The molecule has 2 aliphatic rings. The number of methoxy groups -OCH3 is 1. The molecule has 1 saturated heterocycles. The molecule has 0 spiro atoms. The molecule has 6 rings (SSSR count). The molecule has 0 amide bonds. The fourth-order valence-electron chi connectivity index (χ4n) is 5.55. The van der Waals surface area contributed by atoms with Crippen LogP contribution >= 0.6 is 11.3 Å². The van der Waals surface area contributed by atoms with Crippen LogP contribution in [0.25, 0.3) is 16.8 Å². The Morgan fingerprint density at radius 3 is 2.59 bits per heavy atom. The van der Waals surface area contributed by atoms with Gasteiger partial charge in [-0.3, -0.25) is 9.36 Å². The first-order chi connectivity index (χ1) is 20.0. The van der Waals surface area contributed by atoms with Gasteiger partial charge in [0.05, 0.1) is 42.7 Å². The number of thiazole rings is 1. The van der Waals surface area contributed by atoms with Crippen LogP contribution < -0.4 is 24.5 Å². The van der Waals surface area contributed by atoms with Gasteiger partial charge in [-0.2, -0.15) is 0 Å². The number of morpholine rings is 1. The molecule has 41 heavy (non-hydrogen) atoms. The second kappa shape index (κ2) is 11.3. The molecular formula is C32H31N3O5S. The first kappa shape index (κ1) is 27.0. The monoisotopic (exact) mass is 569 g/mol. The largest absolute Gasteiger partial charge is 0.496 e. The third kappa shape index (κ3) is 4.96. The third-order valence-corrected chi connectivity index (χ3v) is 8.49. The minimum Gasteiger partial charge on any atom is -0.496 e. The van der Waals surface area contributed by atoms with E-state index in [1.165, 1.54) is 11.3 Å². The summed E-state index contributed by atoms with van der Waals surface area (Å²) in [5.74, 6) is 0.0835. The number of esters is 1. The number of benzene rings is 3. The Kier molecular flexibility index (Phi) is 7.47. The molecule has 0 N–H and O–H groups in total. The zero-order valence-corrected chi connectivity index (χ0v) is 24.1. The molecule has 0 radical (unpaired) electrons. The van der Waals surface area contributed by atoms with Crippen molar-refractivity contribution in [2.24, 2.45) is 4.99 Å². The van der Waals surface area contributed by atoms with Crippen LogP contribution in [0.5, 0.6) is 5.75 Å². The van der Waals surface area contributed by atoms with Crippen LogP contribution in [0.1, 0.15) is 31.0 Å². The number of ether oxygens (including phenoxy) is 3. The van der Waals surface area contributed by atoms with Crippen molar-refractivity contribution in [3.05, 3.63) is 103 Å². The Hall–Kier alpha value is -4.21. The van der Waals surface area contributed by atoms with Crippen LogP contribution in [0.4, 0.5) is 5.69 Å². The lowest BCUT2D eigenvalue weighted by Crippen LogP contribution is -2.40. The first-order valence-corrected chi connectivity index (χ1v) is 14.5. The predicted octanol–water partition coefficient (Wildman–Crippen LogP) is 3.80. The topological polar surface area (TPSA) is 82.4 Å². The van der Waals surface area contributed by atoms with E-state index in [-0.39, 0.29) is 12.2 Å². The van der Waals surface area contributed by atoms with Gasteiger partial charge in [0.2, 0.25) is 0 Å². The third-order valence-electron chi connectivity index (χ3n) is 7.51. The Morgan fingerprint density at radius 1 is 1.10 bits per heavy atom. The normalized spacial score (nSPS) is 17.4. The number of allylic oxidation sites excluding steroid dienone is 1. The van der Waals surface area contributed by atoms with Crippen LogP contribution in [0, 0.1) is 0 Å². The summed E-state index contributed by atoms with van der Waals surface area (Å²) in [7, 11) is 1.60. The number of hydrogen-bond acceptors (Lipinski definition) is 8. The summed E-state index contributed by atoms with van der Waals surface area (Å²) in [5.41, 5.74) is 3.39. The van der Waals surface area contributed by atoms with E-state index in [9.17, 15) is 9.59 Å². The van der Waals surface area contributed by atoms with Gasteiger partial charge in [-0.25, -0.2) is 9.79 Å². The molecule has 210 valence electrons. The standard InChI is InChI=1S/C32H31N3O5S/c1-4-40-31(37)27-20(2)33-32-35(29(27)28-24-8-6-5-7-22(24)11-14-25(28)38-3)30(36)26(41-32)19-21-9-12-23(13-10-21)34-15-17-39-18-16-34/h5-14,19,29H,4,15-18H2,1-3H3. The summed E-state index contributed by atoms with van der Waals surface area (Å²) in [5, 5.41) is 1.87. The molecule has 8 nitrogen and oxygen atoms in total. The van der Waals surface area contributed by atoms with Gasteiger partial charge in [-0.1, -0.05) is 53.8 Å². The van der Waals surface area contributed by atoms with Gasteiger partial charge >= 0.3 is 5.97 Å². The van der Waals surface area contributed by atoms with Crippen LogP contribution in [-0.4, -0.2) is 50.6 Å². The summed E-state index contributed by atoms with van der Waals surface area (Å²) in [4.78, 5) is 35.1. The molecule has 0 aliphatic carbocycles. The molecule has 3 heterocycles. The van der Waals surface area contributed by atoms with Gasteiger partial charge in [-0.15, -0.1) is 0 Å². The number of carbonyl (C=O) groups excluding carboxylic acids is 1. The van der Waals surface area contributed by atoms with Crippen molar-refractivity contribution in [1.29, 1.82) is 0 Å². The summed E-state index contributed by atoms with van der Waals surface area (Å²) in [6.07, 6.45) is 1.88. The van der Waals surface area contributed by atoms with Crippen molar-refractivity contribution in [3.8, 4) is 5.75 Å². The minimum atomic E-state index is -0.766. The maximum Gasteiger partial charge on any atom is 0.338 e. The maximum atomic E-state index is 14.1. The molecule has 1 atom stereocenters. The highest BCUT2D eigenvalue weighted by atomic mass is 32.1. The Balaban J connectivity index is 1.53. The van der Waals surface area contributed by atoms with Gasteiger partial charge < -0.3 is 19.1 Å². The Morgan fingerprint density at radius 2 is 1.85 bits per heavy atom. The lowest BCUT2D eigenvalue weighted by atomic mass is 9.90. The van der Waals surface area contributed by atoms with Crippen molar-refractivity contribution in [1.82, 2.24) is 4.57 Å². The average molecular weight is 570 g/mol. The van der Waals surface area contributed by atoms with E-state index in [0.717, 1.165) is 53.9 Å². The molecule has 9 heteroatoms. The quantitative estimate of drug-likeness (QED) is 0.329. The number of carbonyl (C=O) groups is 1. The van der Waals surface area contributed by atoms with Gasteiger partial charge in [0, 0.05) is 24.3 Å². The van der Waals surface area contributed by atoms with E-state index in [1.54, 1.807) is 25.5 Å². The summed E-state index contributed by atoms with van der Waals surface area (Å²) in [6.45, 7) is 6.92. The minimum absolute atomic E-state index is 0.208. The van der Waals surface area contributed by atoms with Crippen molar-refractivity contribution in [2.45, 2.75) is 19.9 Å². The maximum absolute atomic E-state index is 14.1. The molecule has 0 saturated carbocycles. The van der Waals surface area contributed by atoms with Crippen LogP contribution in [-0.2, 0) is 14.3 Å². The van der Waals surface area contributed by atoms with E-state index >= 15 is 0 Å². The van der Waals surface area contributed by atoms with Gasteiger partial charge in [0.15, 0.2) is 4.80 Å². The van der Waals surface area contributed by atoms with E-state index in [0.29, 0.717) is 26.4 Å². The number of rotatable bonds is 6. The fourth-order valence-corrected chi connectivity index (χ4v) is 6.60. The lowest BCUT2D eigenvalue weighted by molar-refractivity contribution is -0.139. The van der Waals surface area contributed by atoms with E-state index in [2.05, 4.69) is 17.0 Å². The van der Waals surface area contributed by atoms with Crippen molar-refractivity contribution in [2.75, 3.05) is 44.9 Å². The van der Waals surface area contributed by atoms with Gasteiger partial charge in [0.25, 0.3) is 5.56 Å². The van der Waals surface area contributed by atoms with Crippen molar-refractivity contribution < 1.29 is 19.0 Å². The Bertz CT molecular complexity index is 1830.